The molecule has 4 rings (SSSR count). The van der Waals surface area contributed by atoms with Crippen LogP contribution in [-0.4, -0.2) is 0 Å². The highest BCUT2D eigenvalue weighted by Gasteiger charge is 2.30. The molecule has 2 aliphatic rings. The van der Waals surface area contributed by atoms with Crippen molar-refractivity contribution in [2.45, 2.75) is 6.17 Å². The molecular formula is C15H12N2. The van der Waals surface area contributed by atoms with Gasteiger partial charge in [0.15, 0.2) is 0 Å². The molecule has 1 N–H and O–H groups in total. The molecule has 0 spiro atoms. The van der Waals surface area contributed by atoms with Crippen LogP contribution in [0.1, 0.15) is 11.7 Å². The third-order valence-corrected chi connectivity index (χ3v) is 3.50. The van der Waals surface area contributed by atoms with E-state index in [9.17, 15) is 0 Å². The van der Waals surface area contributed by atoms with Crippen LogP contribution in [0.3, 0.4) is 0 Å². The molecule has 0 saturated carbocycles. The van der Waals surface area contributed by atoms with Gasteiger partial charge in [-0.15, -0.1) is 0 Å². The second-order valence-corrected chi connectivity index (χ2v) is 4.40. The zero-order valence-corrected chi connectivity index (χ0v) is 9.30. The van der Waals surface area contributed by atoms with Gasteiger partial charge in [0.1, 0.15) is 6.17 Å². The Morgan fingerprint density at radius 2 is 1.65 bits per heavy atom. The fraction of sp³-hybridized carbons (Fsp3) is 0.0667. The van der Waals surface area contributed by atoms with Crippen molar-refractivity contribution in [3.05, 3.63) is 66.5 Å². The van der Waals surface area contributed by atoms with Gasteiger partial charge in [-0.2, -0.15) is 0 Å². The number of anilines is 1. The molecule has 0 radical (unpaired) electrons. The van der Waals surface area contributed by atoms with Crippen LogP contribution < -0.4 is 10.2 Å². The third kappa shape index (κ3) is 1.10. The van der Waals surface area contributed by atoms with Gasteiger partial charge in [0.05, 0.1) is 5.69 Å². The molecule has 0 amide bonds. The maximum absolute atomic E-state index is 3.40. The molecule has 1 atom stereocenters. The number of hydrogen-bond acceptors (Lipinski definition) is 2. The van der Waals surface area contributed by atoms with Crippen LogP contribution >= 0.6 is 0 Å². The molecule has 0 saturated heterocycles. The average Bonchev–Trinajstić information content (AvgIpc) is 2.89. The van der Waals surface area contributed by atoms with E-state index < -0.39 is 0 Å². The zero-order valence-electron chi connectivity index (χ0n) is 9.30. The van der Waals surface area contributed by atoms with E-state index in [2.05, 4.69) is 64.9 Å². The summed E-state index contributed by atoms with van der Waals surface area (Å²) in [5.74, 6) is 0. The Morgan fingerprint density at radius 3 is 2.59 bits per heavy atom. The number of fused-ring (bicyclic) bond motifs is 6. The number of benzene rings is 2. The maximum Gasteiger partial charge on any atom is 0.130 e. The highest BCUT2D eigenvalue weighted by molar-refractivity contribution is 5.85. The molecule has 17 heavy (non-hydrogen) atoms. The molecule has 2 aliphatic heterocycles. The van der Waals surface area contributed by atoms with Crippen molar-refractivity contribution in [1.82, 2.24) is 5.32 Å². The van der Waals surface area contributed by atoms with E-state index in [0.717, 1.165) is 0 Å². The average molecular weight is 220 g/mol. The van der Waals surface area contributed by atoms with E-state index >= 15 is 0 Å². The van der Waals surface area contributed by atoms with Gasteiger partial charge in [-0.25, -0.2) is 0 Å². The molecule has 1 unspecified atom stereocenters. The Balaban J connectivity index is 2.06. The highest BCUT2D eigenvalue weighted by atomic mass is 15.3. The van der Waals surface area contributed by atoms with Gasteiger partial charge in [0, 0.05) is 23.5 Å². The summed E-state index contributed by atoms with van der Waals surface area (Å²) in [6.45, 7) is 0. The Labute approximate surface area is 100 Å². The fourth-order valence-electron chi connectivity index (χ4n) is 2.75. The van der Waals surface area contributed by atoms with Gasteiger partial charge in [-0.1, -0.05) is 42.5 Å². The minimum Gasteiger partial charge on any atom is -0.366 e. The van der Waals surface area contributed by atoms with Crippen LogP contribution in [0.25, 0.3) is 11.1 Å². The van der Waals surface area contributed by atoms with Crippen molar-refractivity contribution in [2.24, 2.45) is 0 Å². The van der Waals surface area contributed by atoms with Crippen molar-refractivity contribution in [3.63, 3.8) is 0 Å². The first-order valence-corrected chi connectivity index (χ1v) is 5.84. The number of para-hydroxylation sites is 1. The smallest absolute Gasteiger partial charge is 0.130 e. The first-order chi connectivity index (χ1) is 8.45. The largest absolute Gasteiger partial charge is 0.366 e. The van der Waals surface area contributed by atoms with Crippen LogP contribution in [0.4, 0.5) is 5.69 Å². The summed E-state index contributed by atoms with van der Waals surface area (Å²) < 4.78 is 0. The van der Waals surface area contributed by atoms with Gasteiger partial charge >= 0.3 is 0 Å². The Bertz CT molecular complexity index is 616. The molecule has 0 fully saturated rings. The Morgan fingerprint density at radius 1 is 0.882 bits per heavy atom. The maximum atomic E-state index is 3.40. The van der Waals surface area contributed by atoms with E-state index in [1.807, 2.05) is 6.20 Å². The molecule has 2 nitrogen and oxygen atoms in total. The summed E-state index contributed by atoms with van der Waals surface area (Å²) in [6, 6.07) is 17.2. The molecular weight excluding hydrogens is 208 g/mol. The van der Waals surface area contributed by atoms with Crippen molar-refractivity contribution in [3.8, 4) is 11.1 Å². The lowest BCUT2D eigenvalue weighted by molar-refractivity contribution is 0.663. The van der Waals surface area contributed by atoms with Crippen molar-refractivity contribution in [2.75, 3.05) is 4.90 Å². The van der Waals surface area contributed by atoms with E-state index in [1.165, 1.54) is 22.4 Å². The van der Waals surface area contributed by atoms with Crippen LogP contribution in [0.15, 0.2) is 60.9 Å². The molecule has 82 valence electrons. The normalized spacial score (nSPS) is 19.3. The van der Waals surface area contributed by atoms with Gasteiger partial charge < -0.3 is 10.2 Å². The summed E-state index contributed by atoms with van der Waals surface area (Å²) in [5, 5.41) is 3.40. The summed E-state index contributed by atoms with van der Waals surface area (Å²) in [4.78, 5) is 2.29. The number of nitrogens with one attached hydrogen (secondary N) is 1. The van der Waals surface area contributed by atoms with E-state index in [4.69, 9.17) is 0 Å². The number of rotatable bonds is 0. The van der Waals surface area contributed by atoms with Crippen LogP contribution in [0, 0.1) is 0 Å². The lowest BCUT2D eigenvalue weighted by atomic mass is 9.92. The summed E-state index contributed by atoms with van der Waals surface area (Å²) in [6.07, 6.45) is 4.38. The first-order valence-electron chi connectivity index (χ1n) is 5.84. The van der Waals surface area contributed by atoms with Crippen molar-refractivity contribution in [1.29, 1.82) is 0 Å². The van der Waals surface area contributed by atoms with Gasteiger partial charge in [0.25, 0.3) is 0 Å². The molecule has 2 aromatic carbocycles. The lowest BCUT2D eigenvalue weighted by Crippen LogP contribution is -2.30. The molecule has 0 bridgehead atoms. The highest BCUT2D eigenvalue weighted by Crippen LogP contribution is 2.44. The van der Waals surface area contributed by atoms with E-state index in [1.54, 1.807) is 0 Å². The van der Waals surface area contributed by atoms with Gasteiger partial charge in [-0.3, -0.25) is 0 Å². The quantitative estimate of drug-likeness (QED) is 0.733. The molecule has 0 aromatic heterocycles. The molecule has 0 aliphatic carbocycles. The first kappa shape index (κ1) is 8.88. The lowest BCUT2D eigenvalue weighted by Gasteiger charge is -2.34. The number of nitrogens with zero attached hydrogens (tertiary/aromatic N) is 1. The Hall–Kier alpha value is -2.22. The van der Waals surface area contributed by atoms with Gasteiger partial charge in [0.2, 0.25) is 0 Å². The minimum absolute atomic E-state index is 0.251. The zero-order chi connectivity index (χ0) is 11.2. The van der Waals surface area contributed by atoms with Crippen LogP contribution in [-0.2, 0) is 0 Å². The molecule has 2 heteroatoms. The third-order valence-electron chi connectivity index (χ3n) is 3.50. The SMILES string of the molecule is C1=CN2c3ccccc3-c3ccccc3C2N1. The topological polar surface area (TPSA) is 15.3 Å². The summed E-state index contributed by atoms with van der Waals surface area (Å²) >= 11 is 0. The van der Waals surface area contributed by atoms with Crippen LogP contribution in [0.2, 0.25) is 0 Å². The van der Waals surface area contributed by atoms with Crippen molar-refractivity contribution < 1.29 is 0 Å². The van der Waals surface area contributed by atoms with Crippen LogP contribution in [0.5, 0.6) is 0 Å². The predicted octanol–water partition coefficient (Wildman–Crippen LogP) is 3.25. The van der Waals surface area contributed by atoms with Crippen molar-refractivity contribution >= 4 is 5.69 Å². The fourth-order valence-corrected chi connectivity index (χ4v) is 2.75. The summed E-state index contributed by atoms with van der Waals surface area (Å²) in [7, 11) is 0. The molecule has 2 aromatic rings. The number of hydrogen-bond donors (Lipinski definition) is 1. The van der Waals surface area contributed by atoms with E-state index in [-0.39, 0.29) is 6.17 Å². The second-order valence-electron chi connectivity index (χ2n) is 4.40. The Kier molecular flexibility index (Phi) is 1.64. The predicted molar refractivity (Wildman–Crippen MR) is 69.4 cm³/mol. The standard InChI is InChI=1S/C15H12N2/c1-2-7-13-11(5-1)12-6-3-4-8-14(12)17-10-9-16-15(13)17/h1-10,15-16H. The molecule has 2 heterocycles. The summed E-state index contributed by atoms with van der Waals surface area (Å²) in [5.41, 5.74) is 5.27. The van der Waals surface area contributed by atoms with E-state index in [0.29, 0.717) is 0 Å². The monoisotopic (exact) mass is 220 g/mol. The minimum atomic E-state index is 0.251. The second kappa shape index (κ2) is 3.14. The van der Waals surface area contributed by atoms with Gasteiger partial charge in [-0.05, 0) is 11.6 Å².